The molecule has 1 N–H and O–H groups in total. The number of Topliss-reactive ketones (excluding diaryl/α,β-unsaturated/α-hetero) is 1. The lowest BCUT2D eigenvalue weighted by molar-refractivity contribution is -0.119. The lowest BCUT2D eigenvalue weighted by Crippen LogP contribution is -2.34. The summed E-state index contributed by atoms with van der Waals surface area (Å²) < 4.78 is 5.17. The fourth-order valence-corrected chi connectivity index (χ4v) is 2.36. The van der Waals surface area contributed by atoms with Crippen molar-refractivity contribution >= 4 is 11.7 Å². The monoisotopic (exact) mass is 247 g/mol. The van der Waals surface area contributed by atoms with E-state index < -0.39 is 0 Å². The van der Waals surface area contributed by atoms with Crippen molar-refractivity contribution in [2.75, 3.05) is 7.11 Å². The Labute approximate surface area is 106 Å². The maximum absolute atomic E-state index is 12.0. The van der Waals surface area contributed by atoms with E-state index in [2.05, 4.69) is 5.32 Å². The van der Waals surface area contributed by atoms with Crippen molar-refractivity contribution in [2.24, 2.45) is 0 Å². The first-order valence-electron chi connectivity index (χ1n) is 6.07. The van der Waals surface area contributed by atoms with E-state index in [9.17, 15) is 9.59 Å². The maximum atomic E-state index is 12.0. The highest BCUT2D eigenvalue weighted by Crippen LogP contribution is 2.25. The van der Waals surface area contributed by atoms with E-state index in [1.807, 2.05) is 12.1 Å². The summed E-state index contributed by atoms with van der Waals surface area (Å²) in [5, 5.41) is 2.89. The molecule has 0 unspecified atom stereocenters. The molecule has 0 bridgehead atoms. The minimum absolute atomic E-state index is 0.0276. The largest absolute Gasteiger partial charge is 0.497 e. The summed E-state index contributed by atoms with van der Waals surface area (Å²) in [5.74, 6) is 0.823. The Bertz CT molecular complexity index is 482. The third-order valence-corrected chi connectivity index (χ3v) is 3.21. The van der Waals surface area contributed by atoms with Crippen LogP contribution in [0.25, 0.3) is 0 Å². The van der Waals surface area contributed by atoms with Crippen LogP contribution in [-0.2, 0) is 11.2 Å². The van der Waals surface area contributed by atoms with Gasteiger partial charge in [0, 0.05) is 24.9 Å². The number of fused-ring (bicyclic) bond motifs is 1. The van der Waals surface area contributed by atoms with E-state index in [1.165, 1.54) is 6.92 Å². The van der Waals surface area contributed by atoms with Gasteiger partial charge in [0.05, 0.1) is 7.11 Å². The zero-order valence-electron chi connectivity index (χ0n) is 10.7. The van der Waals surface area contributed by atoms with Crippen LogP contribution in [0, 0.1) is 0 Å². The van der Waals surface area contributed by atoms with Gasteiger partial charge in [-0.2, -0.15) is 0 Å². The molecule has 0 saturated heterocycles. The zero-order valence-corrected chi connectivity index (χ0v) is 10.7. The molecule has 1 atom stereocenters. The van der Waals surface area contributed by atoms with Gasteiger partial charge >= 0.3 is 0 Å². The second-order valence-corrected chi connectivity index (χ2v) is 4.59. The summed E-state index contributed by atoms with van der Waals surface area (Å²) >= 11 is 0. The molecule has 0 fully saturated rings. The van der Waals surface area contributed by atoms with Gasteiger partial charge in [-0.3, -0.25) is 9.59 Å². The van der Waals surface area contributed by atoms with E-state index in [0.717, 1.165) is 16.9 Å². The van der Waals surface area contributed by atoms with Crippen molar-refractivity contribution in [1.82, 2.24) is 5.32 Å². The third-order valence-electron chi connectivity index (χ3n) is 3.21. The molecule has 4 heteroatoms. The Morgan fingerprint density at radius 1 is 1.44 bits per heavy atom. The molecule has 0 radical (unpaired) electrons. The van der Waals surface area contributed by atoms with E-state index in [-0.39, 0.29) is 17.7 Å². The zero-order chi connectivity index (χ0) is 13.1. The van der Waals surface area contributed by atoms with Crippen LogP contribution in [0.4, 0.5) is 0 Å². The number of nitrogens with one attached hydrogen (secondary N) is 1. The Morgan fingerprint density at radius 3 is 2.89 bits per heavy atom. The predicted octanol–water partition coefficient (Wildman–Crippen LogP) is 1.72. The van der Waals surface area contributed by atoms with Gasteiger partial charge < -0.3 is 10.1 Å². The fraction of sp³-hybridized carbons (Fsp3) is 0.429. The van der Waals surface area contributed by atoms with Crippen LogP contribution in [0.3, 0.4) is 0 Å². The molecule has 0 saturated carbocycles. The van der Waals surface area contributed by atoms with Gasteiger partial charge in [-0.05, 0) is 36.6 Å². The van der Waals surface area contributed by atoms with Gasteiger partial charge in [0.1, 0.15) is 5.75 Å². The highest BCUT2D eigenvalue weighted by Gasteiger charge is 2.22. The Kier molecular flexibility index (Phi) is 3.65. The van der Waals surface area contributed by atoms with E-state index in [0.29, 0.717) is 19.3 Å². The number of rotatable bonds is 2. The summed E-state index contributed by atoms with van der Waals surface area (Å²) in [6, 6.07) is 5.52. The van der Waals surface area contributed by atoms with Crippen molar-refractivity contribution in [3.63, 3.8) is 0 Å². The van der Waals surface area contributed by atoms with Crippen molar-refractivity contribution in [3.8, 4) is 5.75 Å². The molecular formula is C14H17NO3. The molecule has 1 aromatic carbocycles. The van der Waals surface area contributed by atoms with Crippen LogP contribution in [-0.4, -0.2) is 24.8 Å². The molecule has 0 heterocycles. The number of carbonyl (C=O) groups is 2. The van der Waals surface area contributed by atoms with Crippen molar-refractivity contribution in [3.05, 3.63) is 29.3 Å². The summed E-state index contributed by atoms with van der Waals surface area (Å²) in [4.78, 5) is 23.1. The number of ether oxygens (including phenoxy) is 1. The average Bonchev–Trinajstić information content (AvgIpc) is 2.48. The highest BCUT2D eigenvalue weighted by molar-refractivity contribution is 5.98. The van der Waals surface area contributed by atoms with Gasteiger partial charge in [0.2, 0.25) is 5.91 Å². The average molecular weight is 247 g/mol. The molecule has 4 nitrogen and oxygen atoms in total. The van der Waals surface area contributed by atoms with Crippen LogP contribution in [0.1, 0.15) is 35.7 Å². The standard InChI is InChI=1S/C14H17NO3/c1-9(16)15-11-3-6-14(17)13-5-4-12(18-2)8-10(13)7-11/h4-5,8,11H,3,6-7H2,1-2H3,(H,15,16)/t11-/m0/s1. The summed E-state index contributed by atoms with van der Waals surface area (Å²) in [6.07, 6.45) is 1.84. The Morgan fingerprint density at radius 2 is 2.22 bits per heavy atom. The molecule has 1 aliphatic rings. The Hall–Kier alpha value is -1.84. The van der Waals surface area contributed by atoms with Crippen LogP contribution < -0.4 is 10.1 Å². The number of methoxy groups -OCH3 is 1. The SMILES string of the molecule is COc1ccc2c(c1)C[C@@H](NC(C)=O)CCC2=O. The lowest BCUT2D eigenvalue weighted by Gasteiger charge is -2.15. The van der Waals surface area contributed by atoms with Gasteiger partial charge in [-0.1, -0.05) is 0 Å². The molecule has 0 aliphatic heterocycles. The molecular weight excluding hydrogens is 230 g/mol. The molecule has 96 valence electrons. The number of hydrogen-bond acceptors (Lipinski definition) is 3. The summed E-state index contributed by atoms with van der Waals surface area (Å²) in [5.41, 5.74) is 1.71. The topological polar surface area (TPSA) is 55.4 Å². The number of hydrogen-bond donors (Lipinski definition) is 1. The van der Waals surface area contributed by atoms with E-state index in [1.54, 1.807) is 13.2 Å². The Balaban J connectivity index is 2.30. The number of benzene rings is 1. The minimum Gasteiger partial charge on any atom is -0.497 e. The van der Waals surface area contributed by atoms with Crippen LogP contribution in [0.5, 0.6) is 5.75 Å². The first kappa shape index (κ1) is 12.6. The highest BCUT2D eigenvalue weighted by atomic mass is 16.5. The molecule has 1 aromatic rings. The van der Waals surface area contributed by atoms with Crippen LogP contribution in [0.2, 0.25) is 0 Å². The van der Waals surface area contributed by atoms with Crippen molar-refractivity contribution in [2.45, 2.75) is 32.2 Å². The van der Waals surface area contributed by atoms with Gasteiger partial charge in [0.15, 0.2) is 5.78 Å². The molecule has 2 rings (SSSR count). The van der Waals surface area contributed by atoms with E-state index >= 15 is 0 Å². The molecule has 1 amide bonds. The van der Waals surface area contributed by atoms with Crippen molar-refractivity contribution in [1.29, 1.82) is 0 Å². The van der Waals surface area contributed by atoms with Gasteiger partial charge in [0.25, 0.3) is 0 Å². The summed E-state index contributed by atoms with van der Waals surface area (Å²) in [6.45, 7) is 1.50. The fourth-order valence-electron chi connectivity index (χ4n) is 2.36. The predicted molar refractivity (Wildman–Crippen MR) is 67.9 cm³/mol. The number of ketones is 1. The van der Waals surface area contributed by atoms with Crippen LogP contribution in [0.15, 0.2) is 18.2 Å². The molecule has 0 aromatic heterocycles. The van der Waals surface area contributed by atoms with Crippen molar-refractivity contribution < 1.29 is 14.3 Å². The molecule has 0 spiro atoms. The summed E-state index contributed by atoms with van der Waals surface area (Å²) in [7, 11) is 1.60. The lowest BCUT2D eigenvalue weighted by atomic mass is 10.0. The number of amides is 1. The smallest absolute Gasteiger partial charge is 0.217 e. The first-order chi connectivity index (χ1) is 8.60. The van der Waals surface area contributed by atoms with E-state index in [4.69, 9.17) is 4.74 Å². The quantitative estimate of drug-likeness (QED) is 0.809. The van der Waals surface area contributed by atoms with Gasteiger partial charge in [-0.15, -0.1) is 0 Å². The first-order valence-corrected chi connectivity index (χ1v) is 6.07. The number of carbonyl (C=O) groups excluding carboxylic acids is 2. The minimum atomic E-state index is -0.0567. The molecule has 18 heavy (non-hydrogen) atoms. The maximum Gasteiger partial charge on any atom is 0.217 e. The van der Waals surface area contributed by atoms with Gasteiger partial charge in [-0.25, -0.2) is 0 Å². The normalized spacial score (nSPS) is 18.8. The molecule has 1 aliphatic carbocycles. The third kappa shape index (κ3) is 2.70. The second-order valence-electron chi connectivity index (χ2n) is 4.59. The van der Waals surface area contributed by atoms with Crippen LogP contribution >= 0.6 is 0 Å². The second kappa shape index (κ2) is 5.21.